The molecule has 0 unspecified atom stereocenters. The van der Waals surface area contributed by atoms with Crippen LogP contribution in [0.3, 0.4) is 0 Å². The van der Waals surface area contributed by atoms with E-state index in [1.165, 1.54) is 0 Å². The van der Waals surface area contributed by atoms with Crippen LogP contribution in [0.2, 0.25) is 0 Å². The number of carbonyl (C=O) groups excluding carboxylic acids is 1. The van der Waals surface area contributed by atoms with Crippen LogP contribution in [-0.2, 0) is 9.63 Å². The van der Waals surface area contributed by atoms with Gasteiger partial charge in [0.2, 0.25) is 0 Å². The first kappa shape index (κ1) is 10.2. The molecule has 1 aliphatic heterocycles. The number of hydrogen-bond donors (Lipinski definition) is 0. The molecule has 0 saturated carbocycles. The monoisotopic (exact) mass is 283 g/mol. The number of hydrogen-bond acceptors (Lipinski definition) is 3. The predicted molar refractivity (Wildman–Crippen MR) is 54.9 cm³/mol. The quantitative estimate of drug-likeness (QED) is 0.541. The Hall–Kier alpha value is 0.160. The number of nitrogens with zero attached hydrogens (tertiary/aromatic N) is 1. The van der Waals surface area contributed by atoms with E-state index in [2.05, 4.69) is 22.6 Å². The molecule has 0 N–H and O–H groups in total. The van der Waals surface area contributed by atoms with E-state index in [0.29, 0.717) is 3.92 Å². The third-order valence-electron chi connectivity index (χ3n) is 1.63. The maximum absolute atomic E-state index is 11.3. The second-order valence-corrected chi connectivity index (χ2v) is 5.83. The van der Waals surface area contributed by atoms with Gasteiger partial charge in [-0.15, -0.1) is 5.06 Å². The van der Waals surface area contributed by atoms with Gasteiger partial charge in [0.1, 0.15) is 0 Å². The van der Waals surface area contributed by atoms with Crippen LogP contribution in [0.25, 0.3) is 0 Å². The summed E-state index contributed by atoms with van der Waals surface area (Å²) in [5.74, 6) is -0.147. The van der Waals surface area contributed by atoms with E-state index >= 15 is 0 Å². The summed E-state index contributed by atoms with van der Waals surface area (Å²) in [7, 11) is 0. The van der Waals surface area contributed by atoms with Crippen LogP contribution in [0.15, 0.2) is 0 Å². The molecule has 0 radical (unpaired) electrons. The Morgan fingerprint density at radius 3 is 2.33 bits per heavy atom. The van der Waals surface area contributed by atoms with Crippen molar-refractivity contribution in [3.63, 3.8) is 0 Å². The first-order valence-electron chi connectivity index (χ1n) is 4.01. The van der Waals surface area contributed by atoms with E-state index in [4.69, 9.17) is 4.84 Å². The minimum Gasteiger partial charge on any atom is -0.367 e. The normalized spacial score (nSPS) is 20.3. The Morgan fingerprint density at radius 2 is 2.00 bits per heavy atom. The van der Waals surface area contributed by atoms with Crippen molar-refractivity contribution in [2.45, 2.75) is 24.7 Å². The Labute approximate surface area is 86.5 Å². The highest BCUT2D eigenvalue weighted by Gasteiger charge is 2.31. The van der Waals surface area contributed by atoms with Crippen LogP contribution in [0.4, 0.5) is 0 Å². The minimum absolute atomic E-state index is 0.147. The van der Waals surface area contributed by atoms with Crippen LogP contribution in [0, 0.1) is 5.41 Å². The van der Waals surface area contributed by atoms with Crippen LogP contribution in [-0.4, -0.2) is 28.0 Å². The zero-order valence-electron chi connectivity index (χ0n) is 7.63. The van der Waals surface area contributed by atoms with Crippen LogP contribution in [0.1, 0.15) is 20.8 Å². The van der Waals surface area contributed by atoms with Gasteiger partial charge in [-0.3, -0.25) is 0 Å². The zero-order chi connectivity index (χ0) is 9.35. The molecule has 0 amide bonds. The smallest absolute Gasteiger partial charge is 0.330 e. The first-order valence-corrected chi connectivity index (χ1v) is 5.25. The molecule has 0 atom stereocenters. The molecule has 0 aromatic rings. The lowest BCUT2D eigenvalue weighted by atomic mass is 9.98. The molecule has 0 aliphatic carbocycles. The number of alkyl halides is 1. The summed E-state index contributed by atoms with van der Waals surface area (Å²) >= 11 is 2.34. The molecule has 70 valence electrons. The van der Waals surface area contributed by atoms with Gasteiger partial charge in [-0.05, 0) is 20.8 Å². The third-order valence-corrected chi connectivity index (χ3v) is 2.42. The van der Waals surface area contributed by atoms with E-state index in [-0.39, 0.29) is 5.97 Å². The van der Waals surface area contributed by atoms with Gasteiger partial charge >= 0.3 is 5.97 Å². The minimum atomic E-state index is -0.393. The molecule has 4 heteroatoms. The maximum atomic E-state index is 11.3. The van der Waals surface area contributed by atoms with E-state index in [9.17, 15) is 4.79 Å². The Balaban J connectivity index is 2.28. The van der Waals surface area contributed by atoms with E-state index in [1.54, 1.807) is 5.06 Å². The summed E-state index contributed by atoms with van der Waals surface area (Å²) < 4.78 is 0.635. The Kier molecular flexibility index (Phi) is 2.98. The number of halogens is 1. The van der Waals surface area contributed by atoms with Crippen molar-refractivity contribution in [3.8, 4) is 0 Å². The number of hydroxylamine groups is 2. The molecule has 0 spiro atoms. The molecular formula is C8H14INO2. The maximum Gasteiger partial charge on any atom is 0.330 e. The lowest BCUT2D eigenvalue weighted by molar-refractivity contribution is -0.213. The molecule has 1 fully saturated rings. The number of carbonyl (C=O) groups is 1. The third kappa shape index (κ3) is 2.58. The lowest BCUT2D eigenvalue weighted by Crippen LogP contribution is -2.49. The fourth-order valence-electron chi connectivity index (χ4n) is 0.717. The van der Waals surface area contributed by atoms with Gasteiger partial charge in [0.15, 0.2) is 0 Å². The van der Waals surface area contributed by atoms with E-state index < -0.39 is 5.41 Å². The summed E-state index contributed by atoms with van der Waals surface area (Å²) in [6.07, 6.45) is 0. The van der Waals surface area contributed by atoms with Crippen molar-refractivity contribution in [3.05, 3.63) is 0 Å². The van der Waals surface area contributed by atoms with Gasteiger partial charge in [-0.2, -0.15) is 0 Å². The molecule has 1 aliphatic rings. The summed E-state index contributed by atoms with van der Waals surface area (Å²) in [6, 6.07) is 0. The second kappa shape index (κ2) is 3.49. The Bertz CT molecular complexity index is 182. The molecular weight excluding hydrogens is 269 g/mol. The summed E-state index contributed by atoms with van der Waals surface area (Å²) in [5.41, 5.74) is -0.393. The van der Waals surface area contributed by atoms with Crippen molar-refractivity contribution >= 4 is 28.6 Å². The highest BCUT2D eigenvalue weighted by atomic mass is 127. The van der Waals surface area contributed by atoms with Crippen molar-refractivity contribution in [1.29, 1.82) is 0 Å². The average Bonchev–Trinajstić information content (AvgIpc) is 1.82. The molecule has 1 rings (SSSR count). The van der Waals surface area contributed by atoms with Crippen molar-refractivity contribution in [2.75, 3.05) is 13.1 Å². The summed E-state index contributed by atoms with van der Waals surface area (Å²) in [6.45, 7) is 7.30. The zero-order valence-corrected chi connectivity index (χ0v) is 9.79. The Morgan fingerprint density at radius 1 is 1.50 bits per heavy atom. The largest absolute Gasteiger partial charge is 0.367 e. The summed E-state index contributed by atoms with van der Waals surface area (Å²) in [4.78, 5) is 16.4. The standard InChI is InChI=1S/C8H14INO2/c1-8(2,3)7(11)12-10-4-6(9)5-10/h6H,4-5H2,1-3H3. The van der Waals surface area contributed by atoms with Crippen LogP contribution in [0.5, 0.6) is 0 Å². The second-order valence-electron chi connectivity index (χ2n) is 4.07. The first-order chi connectivity index (χ1) is 5.39. The molecule has 0 bridgehead atoms. The predicted octanol–water partition coefficient (Wildman–Crippen LogP) is 1.61. The van der Waals surface area contributed by atoms with Crippen LogP contribution < -0.4 is 0 Å². The van der Waals surface area contributed by atoms with Crippen molar-refractivity contribution in [2.24, 2.45) is 5.41 Å². The topological polar surface area (TPSA) is 29.5 Å². The van der Waals surface area contributed by atoms with Gasteiger partial charge < -0.3 is 4.84 Å². The molecule has 0 aromatic heterocycles. The van der Waals surface area contributed by atoms with Crippen molar-refractivity contribution in [1.82, 2.24) is 5.06 Å². The SMILES string of the molecule is CC(C)(C)C(=O)ON1CC(I)C1. The van der Waals surface area contributed by atoms with Gasteiger partial charge in [-0.1, -0.05) is 22.6 Å². The molecule has 1 heterocycles. The highest BCUT2D eigenvalue weighted by Crippen LogP contribution is 2.21. The van der Waals surface area contributed by atoms with Gasteiger partial charge in [0.25, 0.3) is 0 Å². The summed E-state index contributed by atoms with van der Waals surface area (Å²) in [5, 5.41) is 1.71. The fourth-order valence-corrected chi connectivity index (χ4v) is 1.60. The van der Waals surface area contributed by atoms with Crippen LogP contribution >= 0.6 is 22.6 Å². The van der Waals surface area contributed by atoms with E-state index in [0.717, 1.165) is 13.1 Å². The van der Waals surface area contributed by atoms with Gasteiger partial charge in [0.05, 0.1) is 5.41 Å². The lowest BCUT2D eigenvalue weighted by Gasteiger charge is -2.35. The van der Waals surface area contributed by atoms with Gasteiger partial charge in [-0.25, -0.2) is 4.79 Å². The molecule has 1 saturated heterocycles. The van der Waals surface area contributed by atoms with Gasteiger partial charge in [0, 0.05) is 17.0 Å². The highest BCUT2D eigenvalue weighted by molar-refractivity contribution is 14.1. The van der Waals surface area contributed by atoms with Crippen molar-refractivity contribution < 1.29 is 9.63 Å². The van der Waals surface area contributed by atoms with E-state index in [1.807, 2.05) is 20.8 Å². The average molecular weight is 283 g/mol. The molecule has 3 nitrogen and oxygen atoms in total. The molecule has 12 heavy (non-hydrogen) atoms. The fraction of sp³-hybridized carbons (Fsp3) is 0.875. The molecule has 0 aromatic carbocycles. The number of rotatable bonds is 1.